The molecule has 8 heteroatoms. The summed E-state index contributed by atoms with van der Waals surface area (Å²) in [4.78, 5) is -0.0666. The lowest BCUT2D eigenvalue weighted by molar-refractivity contribution is 0.483. The average molecular weight is 420 g/mol. The second-order valence-corrected chi connectivity index (χ2v) is 8.40. The molecule has 25 heavy (non-hydrogen) atoms. The summed E-state index contributed by atoms with van der Waals surface area (Å²) in [6.45, 7) is 3.92. The highest BCUT2D eigenvalue weighted by Crippen LogP contribution is 2.28. The van der Waals surface area contributed by atoms with Crippen molar-refractivity contribution in [3.05, 3.63) is 63.6 Å². The van der Waals surface area contributed by atoms with Crippen molar-refractivity contribution in [2.75, 3.05) is 5.75 Å². The molecule has 0 aliphatic rings. The minimum absolute atomic E-state index is 0.0666. The summed E-state index contributed by atoms with van der Waals surface area (Å²) >= 11 is 13.4. The number of hydrogen-bond donors (Lipinski definition) is 2. The second kappa shape index (κ2) is 10.2. The molecule has 0 amide bonds. The average Bonchev–Trinajstić information content (AvgIpc) is 2.53. The van der Waals surface area contributed by atoms with Gasteiger partial charge in [0.1, 0.15) is 0 Å². The van der Waals surface area contributed by atoms with Gasteiger partial charge in [-0.15, -0.1) is 11.8 Å². The normalized spacial score (nSPS) is 10.8. The lowest BCUT2D eigenvalue weighted by atomic mass is 10.2. The Morgan fingerprint density at radius 1 is 1.12 bits per heavy atom. The van der Waals surface area contributed by atoms with Crippen LogP contribution in [0.5, 0.6) is 0 Å². The predicted molar refractivity (Wildman–Crippen MR) is 107 cm³/mol. The van der Waals surface area contributed by atoms with Crippen LogP contribution in [0.1, 0.15) is 24.5 Å². The molecule has 0 aliphatic heterocycles. The Hall–Kier alpha value is -1.05. The molecule has 0 radical (unpaired) electrons. The number of halogens is 2. The number of aryl methyl sites for hydroxylation is 1. The van der Waals surface area contributed by atoms with Crippen molar-refractivity contribution < 1.29 is 13.0 Å². The smallest absolute Gasteiger partial charge is 0.293 e. The third-order valence-electron chi connectivity index (χ3n) is 2.96. The van der Waals surface area contributed by atoms with Crippen molar-refractivity contribution in [1.82, 2.24) is 0 Å². The minimum atomic E-state index is -4.02. The van der Waals surface area contributed by atoms with Crippen LogP contribution >= 0.6 is 35.0 Å². The van der Waals surface area contributed by atoms with Crippen LogP contribution in [0.3, 0.4) is 0 Å². The first-order valence-corrected chi connectivity index (χ1v) is 10.5. The van der Waals surface area contributed by atoms with Crippen molar-refractivity contribution in [1.29, 1.82) is 5.41 Å². The summed E-state index contributed by atoms with van der Waals surface area (Å²) in [6.07, 6.45) is 1.04. The van der Waals surface area contributed by atoms with Crippen LogP contribution in [0.25, 0.3) is 0 Å². The van der Waals surface area contributed by atoms with Crippen molar-refractivity contribution in [3.8, 4) is 0 Å². The molecule has 0 saturated heterocycles. The van der Waals surface area contributed by atoms with E-state index in [9.17, 15) is 8.42 Å². The van der Waals surface area contributed by atoms with Crippen LogP contribution in [-0.2, 0) is 10.1 Å². The molecule has 0 heterocycles. The molecule has 2 rings (SSSR count). The maximum atomic E-state index is 10.5. The zero-order chi connectivity index (χ0) is 19.0. The Balaban J connectivity index is 0.000000257. The molecule has 2 N–H and O–H groups in total. The summed E-state index contributed by atoms with van der Waals surface area (Å²) in [7, 11) is -4.02. The zero-order valence-electron chi connectivity index (χ0n) is 13.8. The van der Waals surface area contributed by atoms with Gasteiger partial charge < -0.3 is 0 Å². The summed E-state index contributed by atoms with van der Waals surface area (Å²) in [5.74, 6) is 0.917. The highest BCUT2D eigenvalue weighted by atomic mass is 35.5. The van der Waals surface area contributed by atoms with E-state index in [1.54, 1.807) is 30.3 Å². The van der Waals surface area contributed by atoms with E-state index < -0.39 is 10.1 Å². The molecule has 0 fully saturated rings. The lowest BCUT2D eigenvalue weighted by Gasteiger charge is -2.07. The van der Waals surface area contributed by atoms with Gasteiger partial charge in [0.05, 0.1) is 20.0 Å². The Kier molecular flexibility index (Phi) is 8.96. The molecule has 4 nitrogen and oxygen atoms in total. The van der Waals surface area contributed by atoms with Crippen LogP contribution < -0.4 is 0 Å². The van der Waals surface area contributed by atoms with Crippen molar-refractivity contribution in [3.63, 3.8) is 0 Å². The van der Waals surface area contributed by atoms with Crippen LogP contribution in [0.2, 0.25) is 10.0 Å². The molecule has 0 atom stereocenters. The number of benzene rings is 2. The minimum Gasteiger partial charge on any atom is -0.293 e. The maximum Gasteiger partial charge on any atom is 0.294 e. The first-order valence-electron chi connectivity index (χ1n) is 7.36. The largest absolute Gasteiger partial charge is 0.294 e. The molecular formula is C17H19Cl2NO3S2. The lowest BCUT2D eigenvalue weighted by Crippen LogP contribution is -1.97. The Labute approximate surface area is 162 Å². The van der Waals surface area contributed by atoms with Crippen LogP contribution in [0, 0.1) is 12.3 Å². The van der Waals surface area contributed by atoms with Crippen LogP contribution in [0.15, 0.2) is 47.4 Å². The van der Waals surface area contributed by atoms with Gasteiger partial charge in [-0.3, -0.25) is 9.96 Å². The highest BCUT2D eigenvalue weighted by Gasteiger charge is 2.10. The molecule has 0 bridgehead atoms. The quantitative estimate of drug-likeness (QED) is 0.378. The predicted octanol–water partition coefficient (Wildman–Crippen LogP) is 5.70. The fourth-order valence-corrected chi connectivity index (χ4v) is 3.65. The SMILES string of the molecule is CCCSC(=N)c1c(Cl)cccc1Cl.Cc1ccc(S(=O)(=O)O)cc1. The number of hydrogen-bond acceptors (Lipinski definition) is 4. The molecule has 2 aromatic rings. The van der Waals surface area contributed by atoms with Gasteiger partial charge in [0.15, 0.2) is 0 Å². The number of thioether (sulfide) groups is 1. The number of nitrogens with one attached hydrogen (secondary N) is 1. The van der Waals surface area contributed by atoms with Crippen LogP contribution in [-0.4, -0.2) is 23.8 Å². The Bertz CT molecular complexity index is 802. The topological polar surface area (TPSA) is 78.2 Å². The van der Waals surface area contributed by atoms with E-state index in [-0.39, 0.29) is 4.90 Å². The van der Waals surface area contributed by atoms with Gasteiger partial charge in [-0.25, -0.2) is 0 Å². The van der Waals surface area contributed by atoms with Gasteiger partial charge in [-0.05, 0) is 43.4 Å². The first-order chi connectivity index (χ1) is 11.7. The zero-order valence-corrected chi connectivity index (χ0v) is 16.9. The highest BCUT2D eigenvalue weighted by molar-refractivity contribution is 8.14. The van der Waals surface area contributed by atoms with E-state index >= 15 is 0 Å². The molecular weight excluding hydrogens is 401 g/mol. The first kappa shape index (κ1) is 22.0. The molecule has 0 saturated carbocycles. The van der Waals surface area contributed by atoms with E-state index in [1.807, 2.05) is 6.92 Å². The van der Waals surface area contributed by atoms with Gasteiger partial charge in [-0.1, -0.05) is 53.9 Å². The van der Waals surface area contributed by atoms with Gasteiger partial charge in [0.25, 0.3) is 10.1 Å². The number of rotatable bonds is 4. The summed E-state index contributed by atoms with van der Waals surface area (Å²) in [5, 5.41) is 9.35. The fourth-order valence-electron chi connectivity index (χ4n) is 1.70. The van der Waals surface area contributed by atoms with E-state index in [1.165, 1.54) is 23.9 Å². The van der Waals surface area contributed by atoms with E-state index in [0.29, 0.717) is 20.7 Å². The fraction of sp³-hybridized carbons (Fsp3) is 0.235. The van der Waals surface area contributed by atoms with E-state index in [2.05, 4.69) is 6.92 Å². The molecule has 0 aliphatic carbocycles. The van der Waals surface area contributed by atoms with Gasteiger partial charge in [0.2, 0.25) is 0 Å². The van der Waals surface area contributed by atoms with E-state index in [0.717, 1.165) is 17.7 Å². The van der Waals surface area contributed by atoms with E-state index in [4.69, 9.17) is 33.2 Å². The maximum absolute atomic E-state index is 10.5. The van der Waals surface area contributed by atoms with Gasteiger partial charge >= 0.3 is 0 Å². The third kappa shape index (κ3) is 7.38. The van der Waals surface area contributed by atoms with Crippen molar-refractivity contribution >= 4 is 50.1 Å². The monoisotopic (exact) mass is 419 g/mol. The van der Waals surface area contributed by atoms with Crippen LogP contribution in [0.4, 0.5) is 0 Å². The molecule has 0 spiro atoms. The standard InChI is InChI=1S/C10H11Cl2NS.C7H8O3S/c1-2-6-14-10(13)9-7(11)4-3-5-8(9)12;1-6-2-4-7(5-3-6)11(8,9)10/h3-5,13H,2,6H2,1H3;2-5H,1H3,(H,8,9,10). The summed E-state index contributed by atoms with van der Waals surface area (Å²) in [5.41, 5.74) is 1.60. The van der Waals surface area contributed by atoms with Gasteiger partial charge in [0, 0.05) is 5.56 Å². The van der Waals surface area contributed by atoms with Crippen molar-refractivity contribution in [2.24, 2.45) is 0 Å². The summed E-state index contributed by atoms with van der Waals surface area (Å²) in [6, 6.07) is 11.3. The molecule has 0 aromatic heterocycles. The Morgan fingerprint density at radius 3 is 2.08 bits per heavy atom. The second-order valence-electron chi connectivity index (χ2n) is 5.06. The molecule has 0 unspecified atom stereocenters. The molecule has 2 aromatic carbocycles. The molecule has 136 valence electrons. The Morgan fingerprint density at radius 2 is 1.64 bits per heavy atom. The third-order valence-corrected chi connectivity index (χ3v) is 5.56. The van der Waals surface area contributed by atoms with Crippen molar-refractivity contribution in [2.45, 2.75) is 25.2 Å². The van der Waals surface area contributed by atoms with Gasteiger partial charge in [-0.2, -0.15) is 8.42 Å². The summed E-state index contributed by atoms with van der Waals surface area (Å²) < 4.78 is 29.6.